The minimum Gasteiger partial charge on any atom is -0.376 e. The first kappa shape index (κ1) is 13.7. The topological polar surface area (TPSA) is 86.3 Å². The second-order valence-electron chi connectivity index (χ2n) is 5.15. The quantitative estimate of drug-likeness (QED) is 0.814. The monoisotopic (exact) mass is 291 g/mol. The van der Waals surface area contributed by atoms with E-state index in [0.717, 1.165) is 25.1 Å². The van der Waals surface area contributed by atoms with Crippen molar-refractivity contribution in [1.29, 1.82) is 0 Å². The molecule has 1 aliphatic heterocycles. The molecule has 1 saturated heterocycles. The molecule has 3 rings (SSSR count). The maximum absolute atomic E-state index is 12.0. The highest BCUT2D eigenvalue weighted by molar-refractivity contribution is 5.40. The van der Waals surface area contributed by atoms with Crippen molar-refractivity contribution in [3.05, 3.63) is 34.3 Å². The average Bonchev–Trinajstić information content (AvgIpc) is 3.11. The predicted octanol–water partition coefficient (Wildman–Crippen LogP) is 0.592. The molecule has 0 aliphatic carbocycles. The summed E-state index contributed by atoms with van der Waals surface area (Å²) in [7, 11) is 3.71. The van der Waals surface area contributed by atoms with Crippen LogP contribution in [-0.2, 0) is 11.3 Å². The molecule has 0 spiro atoms. The van der Waals surface area contributed by atoms with E-state index in [1.165, 1.54) is 10.7 Å². The van der Waals surface area contributed by atoms with Crippen molar-refractivity contribution in [2.75, 3.05) is 25.6 Å². The van der Waals surface area contributed by atoms with Gasteiger partial charge < -0.3 is 14.2 Å². The van der Waals surface area contributed by atoms with Crippen molar-refractivity contribution in [3.63, 3.8) is 0 Å². The Balaban J connectivity index is 1.76. The number of hydrogen-bond donors (Lipinski definition) is 0. The Morgan fingerprint density at radius 1 is 1.48 bits per heavy atom. The smallest absolute Gasteiger partial charge is 0.269 e. The summed E-state index contributed by atoms with van der Waals surface area (Å²) >= 11 is 0. The van der Waals surface area contributed by atoms with Gasteiger partial charge in [0.05, 0.1) is 11.9 Å². The molecular weight excluding hydrogens is 274 g/mol. The maximum Gasteiger partial charge on any atom is 0.269 e. The molecule has 112 valence electrons. The Bertz CT molecular complexity index is 672. The van der Waals surface area contributed by atoms with Crippen LogP contribution in [0.4, 0.5) is 5.69 Å². The Kier molecular flexibility index (Phi) is 3.70. The number of aromatic nitrogens is 4. The van der Waals surface area contributed by atoms with Crippen molar-refractivity contribution in [2.45, 2.75) is 25.5 Å². The molecule has 0 unspecified atom stereocenters. The van der Waals surface area contributed by atoms with E-state index in [9.17, 15) is 4.79 Å². The van der Waals surface area contributed by atoms with Crippen molar-refractivity contribution in [2.24, 2.45) is 0 Å². The second-order valence-corrected chi connectivity index (χ2v) is 5.15. The fourth-order valence-corrected chi connectivity index (χ4v) is 2.16. The van der Waals surface area contributed by atoms with E-state index in [1.807, 2.05) is 19.0 Å². The highest BCUT2D eigenvalue weighted by Crippen LogP contribution is 2.26. The third-order valence-corrected chi connectivity index (χ3v) is 3.35. The molecule has 21 heavy (non-hydrogen) atoms. The largest absolute Gasteiger partial charge is 0.376 e. The van der Waals surface area contributed by atoms with Crippen LogP contribution in [0.5, 0.6) is 0 Å². The Morgan fingerprint density at radius 3 is 3.00 bits per heavy atom. The third-order valence-electron chi connectivity index (χ3n) is 3.35. The molecule has 8 heteroatoms. The minimum absolute atomic E-state index is 0.118. The number of ether oxygens (including phenoxy) is 1. The third kappa shape index (κ3) is 2.94. The van der Waals surface area contributed by atoms with Gasteiger partial charge in [-0.2, -0.15) is 10.1 Å². The van der Waals surface area contributed by atoms with Crippen molar-refractivity contribution >= 4 is 5.69 Å². The van der Waals surface area contributed by atoms with Crippen LogP contribution in [-0.4, -0.2) is 40.6 Å². The lowest BCUT2D eigenvalue weighted by Crippen LogP contribution is -2.25. The Hall–Kier alpha value is -2.22. The van der Waals surface area contributed by atoms with Crippen LogP contribution in [0.2, 0.25) is 0 Å². The van der Waals surface area contributed by atoms with E-state index in [4.69, 9.17) is 9.26 Å². The summed E-state index contributed by atoms with van der Waals surface area (Å²) in [4.78, 5) is 18.1. The van der Waals surface area contributed by atoms with Gasteiger partial charge in [0.1, 0.15) is 12.6 Å². The first-order valence-electron chi connectivity index (χ1n) is 6.82. The molecule has 0 amide bonds. The summed E-state index contributed by atoms with van der Waals surface area (Å²) in [6.45, 7) is 0.901. The standard InChI is InChI=1S/C13H17N5O3/c1-17(2)9-6-12(19)18(14-7-9)8-11-15-13(21-16-11)10-4-3-5-20-10/h6-7,10H,3-5,8H2,1-2H3/t10-/m0/s1. The minimum atomic E-state index is -0.204. The van der Waals surface area contributed by atoms with Gasteiger partial charge in [-0.3, -0.25) is 4.79 Å². The van der Waals surface area contributed by atoms with Gasteiger partial charge in [0.2, 0.25) is 0 Å². The first-order chi connectivity index (χ1) is 10.1. The predicted molar refractivity (Wildman–Crippen MR) is 74.2 cm³/mol. The van der Waals surface area contributed by atoms with Crippen LogP contribution in [0.1, 0.15) is 30.7 Å². The van der Waals surface area contributed by atoms with Crippen LogP contribution in [0.15, 0.2) is 21.6 Å². The zero-order valence-electron chi connectivity index (χ0n) is 12.0. The fraction of sp³-hybridized carbons (Fsp3) is 0.538. The van der Waals surface area contributed by atoms with E-state index in [2.05, 4.69) is 15.2 Å². The van der Waals surface area contributed by atoms with Gasteiger partial charge in [-0.05, 0) is 12.8 Å². The fourth-order valence-electron chi connectivity index (χ4n) is 2.16. The summed E-state index contributed by atoms with van der Waals surface area (Å²) in [5, 5.41) is 7.99. The first-order valence-corrected chi connectivity index (χ1v) is 6.82. The van der Waals surface area contributed by atoms with Gasteiger partial charge in [0, 0.05) is 26.8 Å². The number of anilines is 1. The second kappa shape index (κ2) is 5.65. The molecule has 0 aromatic carbocycles. The van der Waals surface area contributed by atoms with E-state index in [0.29, 0.717) is 11.7 Å². The van der Waals surface area contributed by atoms with E-state index >= 15 is 0 Å². The number of rotatable bonds is 4. The van der Waals surface area contributed by atoms with Crippen molar-refractivity contribution < 1.29 is 9.26 Å². The molecule has 2 aromatic rings. The summed E-state index contributed by atoms with van der Waals surface area (Å²) in [6, 6.07) is 1.52. The van der Waals surface area contributed by atoms with Crippen LogP contribution >= 0.6 is 0 Å². The molecule has 0 radical (unpaired) electrons. The van der Waals surface area contributed by atoms with Gasteiger partial charge in [0.25, 0.3) is 11.4 Å². The van der Waals surface area contributed by atoms with Crippen molar-refractivity contribution in [3.8, 4) is 0 Å². The number of nitrogens with zero attached hydrogens (tertiary/aromatic N) is 5. The lowest BCUT2D eigenvalue weighted by Gasteiger charge is -2.11. The van der Waals surface area contributed by atoms with Gasteiger partial charge in [0.15, 0.2) is 5.82 Å². The highest BCUT2D eigenvalue weighted by atomic mass is 16.5. The van der Waals surface area contributed by atoms with Crippen LogP contribution < -0.4 is 10.5 Å². The molecule has 1 atom stereocenters. The van der Waals surface area contributed by atoms with Gasteiger partial charge in [-0.1, -0.05) is 5.16 Å². The highest BCUT2D eigenvalue weighted by Gasteiger charge is 2.24. The van der Waals surface area contributed by atoms with E-state index < -0.39 is 0 Å². The summed E-state index contributed by atoms with van der Waals surface area (Å²) < 4.78 is 12.0. The van der Waals surface area contributed by atoms with E-state index in [-0.39, 0.29) is 18.2 Å². The van der Waals surface area contributed by atoms with Crippen molar-refractivity contribution in [1.82, 2.24) is 19.9 Å². The SMILES string of the molecule is CN(C)c1cnn(Cc2noc([C@@H]3CCCO3)n2)c(=O)c1. The van der Waals surface area contributed by atoms with E-state index in [1.54, 1.807) is 6.20 Å². The summed E-state index contributed by atoms with van der Waals surface area (Å²) in [5.41, 5.74) is 0.550. The molecule has 3 heterocycles. The Morgan fingerprint density at radius 2 is 2.33 bits per heavy atom. The zero-order valence-corrected chi connectivity index (χ0v) is 12.0. The Labute approximate surface area is 121 Å². The molecule has 0 saturated carbocycles. The maximum atomic E-state index is 12.0. The molecular formula is C13H17N5O3. The molecule has 1 aliphatic rings. The lowest BCUT2D eigenvalue weighted by atomic mass is 10.2. The average molecular weight is 291 g/mol. The molecule has 0 N–H and O–H groups in total. The lowest BCUT2D eigenvalue weighted by molar-refractivity contribution is 0.0835. The summed E-state index contributed by atoms with van der Waals surface area (Å²) in [5.74, 6) is 0.896. The zero-order chi connectivity index (χ0) is 14.8. The molecule has 2 aromatic heterocycles. The summed E-state index contributed by atoms with van der Waals surface area (Å²) in [6.07, 6.45) is 3.39. The van der Waals surface area contributed by atoms with Crippen LogP contribution in [0.25, 0.3) is 0 Å². The van der Waals surface area contributed by atoms with Crippen LogP contribution in [0.3, 0.4) is 0 Å². The van der Waals surface area contributed by atoms with Gasteiger partial charge in [-0.25, -0.2) is 4.68 Å². The van der Waals surface area contributed by atoms with Crippen LogP contribution in [0, 0.1) is 0 Å². The molecule has 1 fully saturated rings. The normalized spacial score (nSPS) is 18.1. The van der Waals surface area contributed by atoms with Gasteiger partial charge >= 0.3 is 0 Å². The van der Waals surface area contributed by atoms with Gasteiger partial charge in [-0.15, -0.1) is 0 Å². The molecule has 0 bridgehead atoms. The molecule has 8 nitrogen and oxygen atoms in total. The number of hydrogen-bond acceptors (Lipinski definition) is 7.